The first kappa shape index (κ1) is 18.5. The van der Waals surface area contributed by atoms with E-state index in [4.69, 9.17) is 9.15 Å². The molecule has 10 nitrogen and oxygen atoms in total. The van der Waals surface area contributed by atoms with Crippen molar-refractivity contribution in [2.45, 2.75) is 25.5 Å². The lowest BCUT2D eigenvalue weighted by molar-refractivity contribution is -0.384. The second kappa shape index (κ2) is 8.03. The fourth-order valence-electron chi connectivity index (χ4n) is 3.45. The molecule has 0 bridgehead atoms. The molecule has 4 rings (SSSR count). The van der Waals surface area contributed by atoms with Crippen molar-refractivity contribution in [2.75, 3.05) is 32.8 Å². The van der Waals surface area contributed by atoms with Gasteiger partial charge in [0, 0.05) is 50.5 Å². The van der Waals surface area contributed by atoms with Crippen LogP contribution in [0.25, 0.3) is 11.5 Å². The predicted octanol–water partition coefficient (Wildman–Crippen LogP) is 1.47. The van der Waals surface area contributed by atoms with Gasteiger partial charge in [0.1, 0.15) is 6.10 Å². The second-order valence-corrected chi connectivity index (χ2v) is 6.91. The lowest BCUT2D eigenvalue weighted by atomic mass is 10.2. The van der Waals surface area contributed by atoms with Crippen LogP contribution in [-0.4, -0.2) is 69.7 Å². The van der Waals surface area contributed by atoms with Crippen molar-refractivity contribution >= 4 is 11.6 Å². The molecule has 1 aromatic carbocycles. The summed E-state index contributed by atoms with van der Waals surface area (Å²) >= 11 is 0. The smallest absolute Gasteiger partial charge is 0.269 e. The Morgan fingerprint density at radius 3 is 2.57 bits per heavy atom. The number of hydrogen-bond donors (Lipinski definition) is 0. The highest BCUT2D eigenvalue weighted by molar-refractivity contribution is 5.81. The van der Waals surface area contributed by atoms with Gasteiger partial charge in [-0.15, -0.1) is 10.2 Å². The number of hydrogen-bond acceptors (Lipinski definition) is 8. The van der Waals surface area contributed by atoms with E-state index in [1.807, 2.05) is 4.90 Å². The third-order valence-electron chi connectivity index (χ3n) is 5.04. The van der Waals surface area contributed by atoms with Gasteiger partial charge < -0.3 is 14.1 Å². The molecule has 2 aliphatic heterocycles. The number of carbonyl (C=O) groups excluding carboxylic acids is 1. The molecule has 2 fully saturated rings. The third-order valence-corrected chi connectivity index (χ3v) is 5.04. The summed E-state index contributed by atoms with van der Waals surface area (Å²) in [6.45, 7) is 3.94. The van der Waals surface area contributed by atoms with Crippen molar-refractivity contribution in [3.63, 3.8) is 0 Å². The number of ether oxygens (including phenoxy) is 1. The van der Waals surface area contributed by atoms with Crippen molar-refractivity contribution in [3.05, 3.63) is 40.3 Å². The fourth-order valence-corrected chi connectivity index (χ4v) is 3.45. The largest absolute Gasteiger partial charge is 0.419 e. The van der Waals surface area contributed by atoms with Gasteiger partial charge in [0.25, 0.3) is 11.6 Å². The van der Waals surface area contributed by atoms with E-state index in [2.05, 4.69) is 15.1 Å². The van der Waals surface area contributed by atoms with E-state index in [-0.39, 0.29) is 17.7 Å². The van der Waals surface area contributed by atoms with Gasteiger partial charge in [-0.3, -0.25) is 19.8 Å². The Kier molecular flexibility index (Phi) is 5.31. The molecule has 0 spiro atoms. The number of nitro benzene ring substituents is 1. The van der Waals surface area contributed by atoms with Gasteiger partial charge in [0.15, 0.2) is 0 Å². The first-order valence-corrected chi connectivity index (χ1v) is 9.30. The molecule has 0 saturated carbocycles. The standard InChI is InChI=1S/C18H21N5O5/c24-18(15-2-1-11-27-15)22-9-7-21(8-10-22)12-16-19-20-17(28-16)13-3-5-14(6-4-13)23(25)26/h3-6,15H,1-2,7-12H2. The number of nitro groups is 1. The molecule has 1 aromatic heterocycles. The topological polar surface area (TPSA) is 115 Å². The zero-order valence-corrected chi connectivity index (χ0v) is 15.3. The van der Waals surface area contributed by atoms with Crippen LogP contribution < -0.4 is 0 Å². The summed E-state index contributed by atoms with van der Waals surface area (Å²) < 4.78 is 11.2. The summed E-state index contributed by atoms with van der Waals surface area (Å²) in [5.74, 6) is 0.903. The van der Waals surface area contributed by atoms with Crippen LogP contribution in [0.3, 0.4) is 0 Å². The summed E-state index contributed by atoms with van der Waals surface area (Å²) in [4.78, 5) is 26.7. The first-order chi connectivity index (χ1) is 13.6. The van der Waals surface area contributed by atoms with Crippen molar-refractivity contribution in [2.24, 2.45) is 0 Å². The Hall–Kier alpha value is -2.85. The Morgan fingerprint density at radius 2 is 1.93 bits per heavy atom. The van der Waals surface area contributed by atoms with Gasteiger partial charge in [-0.2, -0.15) is 0 Å². The third kappa shape index (κ3) is 4.02. The Bertz CT molecular complexity index is 838. The summed E-state index contributed by atoms with van der Waals surface area (Å²) in [7, 11) is 0. The number of piperazine rings is 1. The van der Waals surface area contributed by atoms with Crippen molar-refractivity contribution in [3.8, 4) is 11.5 Å². The van der Waals surface area contributed by atoms with Crippen LogP contribution in [0.1, 0.15) is 18.7 Å². The maximum atomic E-state index is 12.4. The summed E-state index contributed by atoms with van der Waals surface area (Å²) in [6.07, 6.45) is 1.49. The van der Waals surface area contributed by atoms with Crippen LogP contribution in [0, 0.1) is 10.1 Å². The van der Waals surface area contributed by atoms with E-state index in [1.54, 1.807) is 12.1 Å². The molecule has 28 heavy (non-hydrogen) atoms. The maximum absolute atomic E-state index is 12.4. The summed E-state index contributed by atoms with van der Waals surface area (Å²) in [6, 6.07) is 5.99. The number of nitrogens with zero attached hydrogens (tertiary/aromatic N) is 5. The normalized spacial score (nSPS) is 20.4. The number of amides is 1. The molecular formula is C18H21N5O5. The molecule has 2 saturated heterocycles. The highest BCUT2D eigenvalue weighted by Gasteiger charge is 2.30. The Labute approximate surface area is 161 Å². The fraction of sp³-hybridized carbons (Fsp3) is 0.500. The molecule has 2 aliphatic rings. The van der Waals surface area contributed by atoms with E-state index in [0.29, 0.717) is 43.6 Å². The highest BCUT2D eigenvalue weighted by Crippen LogP contribution is 2.22. The zero-order valence-electron chi connectivity index (χ0n) is 15.3. The zero-order chi connectivity index (χ0) is 19.5. The average Bonchev–Trinajstić information content (AvgIpc) is 3.40. The van der Waals surface area contributed by atoms with Crippen LogP contribution in [-0.2, 0) is 16.1 Å². The average molecular weight is 387 g/mol. The van der Waals surface area contributed by atoms with Gasteiger partial charge in [0.2, 0.25) is 11.8 Å². The van der Waals surface area contributed by atoms with E-state index < -0.39 is 4.92 Å². The summed E-state index contributed by atoms with van der Waals surface area (Å²) in [5.41, 5.74) is 0.648. The summed E-state index contributed by atoms with van der Waals surface area (Å²) in [5, 5.41) is 18.8. The number of rotatable bonds is 5. The number of aromatic nitrogens is 2. The van der Waals surface area contributed by atoms with Crippen LogP contribution >= 0.6 is 0 Å². The molecule has 0 radical (unpaired) electrons. The first-order valence-electron chi connectivity index (χ1n) is 9.30. The molecule has 1 atom stereocenters. The Morgan fingerprint density at radius 1 is 1.18 bits per heavy atom. The molecule has 1 unspecified atom stereocenters. The molecule has 2 aromatic rings. The predicted molar refractivity (Wildman–Crippen MR) is 97.2 cm³/mol. The van der Waals surface area contributed by atoms with Gasteiger partial charge in [-0.05, 0) is 25.0 Å². The highest BCUT2D eigenvalue weighted by atomic mass is 16.6. The van der Waals surface area contributed by atoms with Crippen LogP contribution in [0.2, 0.25) is 0 Å². The molecule has 148 valence electrons. The number of benzene rings is 1. The lowest BCUT2D eigenvalue weighted by Crippen LogP contribution is -2.51. The minimum atomic E-state index is -0.452. The van der Waals surface area contributed by atoms with Gasteiger partial charge >= 0.3 is 0 Å². The monoisotopic (exact) mass is 387 g/mol. The van der Waals surface area contributed by atoms with E-state index >= 15 is 0 Å². The van der Waals surface area contributed by atoms with Crippen LogP contribution in [0.4, 0.5) is 5.69 Å². The Balaban J connectivity index is 1.31. The lowest BCUT2D eigenvalue weighted by Gasteiger charge is -2.35. The maximum Gasteiger partial charge on any atom is 0.269 e. The molecule has 0 aliphatic carbocycles. The van der Waals surface area contributed by atoms with Crippen molar-refractivity contribution in [1.82, 2.24) is 20.0 Å². The van der Waals surface area contributed by atoms with E-state index in [9.17, 15) is 14.9 Å². The van der Waals surface area contributed by atoms with Gasteiger partial charge in [-0.1, -0.05) is 0 Å². The minimum Gasteiger partial charge on any atom is -0.419 e. The molecule has 1 amide bonds. The number of non-ortho nitro benzene ring substituents is 1. The van der Waals surface area contributed by atoms with E-state index in [1.165, 1.54) is 12.1 Å². The second-order valence-electron chi connectivity index (χ2n) is 6.91. The quantitative estimate of drug-likeness (QED) is 0.559. The van der Waals surface area contributed by atoms with Gasteiger partial charge in [0.05, 0.1) is 11.5 Å². The molecule has 3 heterocycles. The SMILES string of the molecule is O=C(C1CCCO1)N1CCN(Cc2nnc(-c3ccc([N+](=O)[O-])cc3)o2)CC1. The van der Waals surface area contributed by atoms with Gasteiger partial charge in [-0.25, -0.2) is 0 Å². The molecular weight excluding hydrogens is 366 g/mol. The minimum absolute atomic E-state index is 0.0129. The van der Waals surface area contributed by atoms with Crippen molar-refractivity contribution < 1.29 is 18.9 Å². The molecule has 10 heteroatoms. The number of carbonyl (C=O) groups is 1. The van der Waals surface area contributed by atoms with Crippen LogP contribution in [0.5, 0.6) is 0 Å². The van der Waals surface area contributed by atoms with E-state index in [0.717, 1.165) is 25.9 Å². The molecule has 0 N–H and O–H groups in total. The van der Waals surface area contributed by atoms with Crippen molar-refractivity contribution in [1.29, 1.82) is 0 Å². The van der Waals surface area contributed by atoms with Crippen LogP contribution in [0.15, 0.2) is 28.7 Å².